The van der Waals surface area contributed by atoms with Gasteiger partial charge in [0.25, 0.3) is 5.56 Å². The van der Waals surface area contributed by atoms with E-state index >= 15 is 0 Å². The molecule has 6 heteroatoms. The summed E-state index contributed by atoms with van der Waals surface area (Å²) >= 11 is 0. The average molecular weight is 443 g/mol. The number of aromatic carboxylic acids is 1. The summed E-state index contributed by atoms with van der Waals surface area (Å²) in [5.74, 6) is -0.465. The van der Waals surface area contributed by atoms with Crippen LogP contribution in [0.3, 0.4) is 0 Å². The van der Waals surface area contributed by atoms with Crippen molar-refractivity contribution in [2.45, 2.75) is 32.8 Å². The third-order valence-electron chi connectivity index (χ3n) is 5.46. The lowest BCUT2D eigenvalue weighted by Gasteiger charge is -2.16. The molecule has 0 radical (unpaired) electrons. The molecule has 1 aromatic heterocycles. The molecular weight excluding hydrogens is 416 g/mol. The maximum absolute atomic E-state index is 13.6. The van der Waals surface area contributed by atoms with Crippen molar-refractivity contribution in [3.8, 4) is 17.3 Å². The van der Waals surface area contributed by atoms with E-state index in [1.807, 2.05) is 65.3 Å². The summed E-state index contributed by atoms with van der Waals surface area (Å²) in [5.41, 5.74) is 3.14. The van der Waals surface area contributed by atoms with Gasteiger partial charge in [0.05, 0.1) is 22.5 Å². The molecule has 33 heavy (non-hydrogen) atoms. The van der Waals surface area contributed by atoms with Gasteiger partial charge in [-0.2, -0.15) is 0 Å². The van der Waals surface area contributed by atoms with Crippen molar-refractivity contribution in [1.29, 1.82) is 0 Å². The Bertz CT molecular complexity index is 1270. The van der Waals surface area contributed by atoms with Gasteiger partial charge in [-0.3, -0.25) is 4.79 Å². The highest BCUT2D eigenvalue weighted by Gasteiger charge is 2.23. The molecule has 0 saturated heterocycles. The first-order valence-corrected chi connectivity index (χ1v) is 11.0. The standard InChI is InChI=1S/C27H26N2O4/c1-2-3-14-24-25(30)28(22-10-6-4-7-11-22)29(23-12-8-5-9-13-23)26(24)33-19-20-15-17-21(18-16-20)27(31)32/h4-13,15-18H,2-3,14,19H2,1H3,(H,31,32). The Morgan fingerprint density at radius 1 is 0.848 bits per heavy atom. The van der Waals surface area contributed by atoms with Crippen LogP contribution >= 0.6 is 0 Å². The third kappa shape index (κ3) is 4.75. The van der Waals surface area contributed by atoms with Gasteiger partial charge < -0.3 is 9.84 Å². The van der Waals surface area contributed by atoms with Crippen molar-refractivity contribution in [1.82, 2.24) is 9.36 Å². The number of carboxylic acid groups (broad SMARTS) is 1. The van der Waals surface area contributed by atoms with Crippen molar-refractivity contribution in [3.05, 3.63) is 112 Å². The number of carbonyl (C=O) groups is 1. The van der Waals surface area contributed by atoms with Gasteiger partial charge in [-0.25, -0.2) is 14.2 Å². The van der Waals surface area contributed by atoms with Crippen LogP contribution < -0.4 is 10.3 Å². The fourth-order valence-electron chi connectivity index (χ4n) is 3.74. The van der Waals surface area contributed by atoms with E-state index < -0.39 is 5.97 Å². The van der Waals surface area contributed by atoms with E-state index in [2.05, 4.69) is 6.92 Å². The molecule has 0 amide bonds. The van der Waals surface area contributed by atoms with Crippen molar-refractivity contribution in [3.63, 3.8) is 0 Å². The first-order valence-electron chi connectivity index (χ1n) is 11.0. The molecule has 3 aromatic carbocycles. The maximum atomic E-state index is 13.6. The fourth-order valence-corrected chi connectivity index (χ4v) is 3.74. The summed E-state index contributed by atoms with van der Waals surface area (Å²) in [6.07, 6.45) is 2.43. The molecule has 168 valence electrons. The van der Waals surface area contributed by atoms with Crippen molar-refractivity contribution < 1.29 is 14.6 Å². The number of rotatable bonds is 9. The zero-order valence-electron chi connectivity index (χ0n) is 18.5. The third-order valence-corrected chi connectivity index (χ3v) is 5.46. The zero-order chi connectivity index (χ0) is 23.2. The lowest BCUT2D eigenvalue weighted by atomic mass is 10.1. The molecule has 0 unspecified atom stereocenters. The molecular formula is C27H26N2O4. The SMILES string of the molecule is CCCCc1c(OCc2ccc(C(=O)O)cc2)n(-c2ccccc2)n(-c2ccccc2)c1=O. The number of unbranched alkanes of at least 4 members (excludes halogenated alkanes) is 1. The molecule has 0 spiro atoms. The van der Waals surface area contributed by atoms with E-state index in [1.165, 1.54) is 0 Å². The zero-order valence-corrected chi connectivity index (χ0v) is 18.5. The molecule has 0 saturated carbocycles. The predicted molar refractivity (Wildman–Crippen MR) is 128 cm³/mol. The first kappa shape index (κ1) is 22.1. The Morgan fingerprint density at radius 2 is 1.42 bits per heavy atom. The van der Waals surface area contributed by atoms with Gasteiger partial charge in [-0.15, -0.1) is 0 Å². The largest absolute Gasteiger partial charge is 0.478 e. The van der Waals surface area contributed by atoms with Gasteiger partial charge in [0, 0.05) is 0 Å². The maximum Gasteiger partial charge on any atom is 0.335 e. The van der Waals surface area contributed by atoms with Crippen LogP contribution in [-0.4, -0.2) is 20.4 Å². The summed E-state index contributed by atoms with van der Waals surface area (Å²) in [7, 11) is 0. The van der Waals surface area contributed by atoms with Crippen molar-refractivity contribution in [2.75, 3.05) is 0 Å². The Labute approximate surface area is 192 Å². The van der Waals surface area contributed by atoms with Crippen LogP contribution in [0.25, 0.3) is 11.4 Å². The minimum atomic E-state index is -0.970. The van der Waals surface area contributed by atoms with Crippen molar-refractivity contribution in [2.24, 2.45) is 0 Å². The van der Waals surface area contributed by atoms with Crippen LogP contribution in [0.4, 0.5) is 0 Å². The Kier molecular flexibility index (Phi) is 6.74. The van der Waals surface area contributed by atoms with Crippen LogP contribution in [-0.2, 0) is 13.0 Å². The quantitative estimate of drug-likeness (QED) is 0.384. The topological polar surface area (TPSA) is 73.5 Å². The smallest absolute Gasteiger partial charge is 0.335 e. The average Bonchev–Trinajstić information content (AvgIpc) is 3.13. The van der Waals surface area contributed by atoms with Gasteiger partial charge in [0.1, 0.15) is 6.61 Å². The monoisotopic (exact) mass is 442 g/mol. The number of nitrogens with zero attached hydrogens (tertiary/aromatic N) is 2. The number of para-hydroxylation sites is 2. The molecule has 0 aliphatic heterocycles. The summed E-state index contributed by atoms with van der Waals surface area (Å²) in [4.78, 5) is 24.8. The van der Waals surface area contributed by atoms with Crippen LogP contribution in [0.15, 0.2) is 89.7 Å². The lowest BCUT2D eigenvalue weighted by Crippen LogP contribution is -2.21. The second-order valence-electron chi connectivity index (χ2n) is 7.78. The van der Waals surface area contributed by atoms with Crippen LogP contribution in [0.1, 0.15) is 41.3 Å². The van der Waals surface area contributed by atoms with Gasteiger partial charge in [-0.1, -0.05) is 61.9 Å². The van der Waals surface area contributed by atoms with Crippen molar-refractivity contribution >= 4 is 5.97 Å². The molecule has 0 aliphatic carbocycles. The van der Waals surface area contributed by atoms with E-state index in [0.29, 0.717) is 17.9 Å². The van der Waals surface area contributed by atoms with Crippen LogP contribution in [0.5, 0.6) is 5.88 Å². The van der Waals surface area contributed by atoms with Gasteiger partial charge in [-0.05, 0) is 54.8 Å². The van der Waals surface area contributed by atoms with E-state index in [4.69, 9.17) is 9.84 Å². The summed E-state index contributed by atoms with van der Waals surface area (Å²) in [5, 5.41) is 9.13. The molecule has 4 aromatic rings. The number of aromatic nitrogens is 2. The van der Waals surface area contributed by atoms with Crippen LogP contribution in [0.2, 0.25) is 0 Å². The van der Waals surface area contributed by atoms with Gasteiger partial charge in [0.2, 0.25) is 5.88 Å². The highest BCUT2D eigenvalue weighted by atomic mass is 16.5. The Balaban J connectivity index is 1.83. The summed E-state index contributed by atoms with van der Waals surface area (Å²) in [6, 6.07) is 25.8. The van der Waals surface area contributed by atoms with Gasteiger partial charge in [0.15, 0.2) is 0 Å². The first-order chi connectivity index (χ1) is 16.1. The number of carboxylic acids is 1. The molecule has 4 rings (SSSR count). The minimum Gasteiger partial charge on any atom is -0.478 e. The molecule has 6 nitrogen and oxygen atoms in total. The molecule has 1 N–H and O–H groups in total. The molecule has 1 heterocycles. The number of hydrogen-bond acceptors (Lipinski definition) is 3. The van der Waals surface area contributed by atoms with E-state index in [1.54, 1.807) is 28.9 Å². The van der Waals surface area contributed by atoms with E-state index in [9.17, 15) is 9.59 Å². The molecule has 0 atom stereocenters. The normalized spacial score (nSPS) is 10.8. The van der Waals surface area contributed by atoms with E-state index in [0.717, 1.165) is 29.8 Å². The van der Waals surface area contributed by atoms with Gasteiger partial charge >= 0.3 is 5.97 Å². The van der Waals surface area contributed by atoms with Crippen LogP contribution in [0, 0.1) is 0 Å². The molecule has 0 aliphatic rings. The predicted octanol–water partition coefficient (Wildman–Crippen LogP) is 5.25. The summed E-state index contributed by atoms with van der Waals surface area (Å²) < 4.78 is 9.77. The number of benzene rings is 3. The number of hydrogen-bond donors (Lipinski definition) is 1. The minimum absolute atomic E-state index is 0.102. The highest BCUT2D eigenvalue weighted by Crippen LogP contribution is 2.26. The second kappa shape index (κ2) is 10.0. The number of ether oxygens (including phenoxy) is 1. The Hall–Kier alpha value is -4.06. The highest BCUT2D eigenvalue weighted by molar-refractivity contribution is 5.87. The second-order valence-corrected chi connectivity index (χ2v) is 7.78. The van der Waals surface area contributed by atoms with E-state index in [-0.39, 0.29) is 17.7 Å². The lowest BCUT2D eigenvalue weighted by molar-refractivity contribution is 0.0697. The molecule has 0 bridgehead atoms. The fraction of sp³-hybridized carbons (Fsp3) is 0.185. The summed E-state index contributed by atoms with van der Waals surface area (Å²) in [6.45, 7) is 2.30. The molecule has 0 fully saturated rings. The Morgan fingerprint density at radius 3 is 1.97 bits per heavy atom.